The number of methoxy groups -OCH3 is 2. The summed E-state index contributed by atoms with van der Waals surface area (Å²) in [5, 5.41) is 6.78. The van der Waals surface area contributed by atoms with Crippen LogP contribution in [0.2, 0.25) is 5.02 Å². The molecule has 27 heavy (non-hydrogen) atoms. The zero-order valence-electron chi connectivity index (χ0n) is 15.0. The molecule has 0 heterocycles. The fraction of sp³-hybridized carbons (Fsp3) is 0.0952. The molecule has 1 amide bonds. The molecule has 0 saturated heterocycles. The lowest BCUT2D eigenvalue weighted by Gasteiger charge is -2.13. The molecule has 3 aromatic rings. The summed E-state index contributed by atoms with van der Waals surface area (Å²) >= 11 is 5.99. The molecule has 0 aromatic heterocycles. The number of ether oxygens (including phenoxy) is 2. The second kappa shape index (κ2) is 8.47. The third-order valence-electron chi connectivity index (χ3n) is 3.91. The maximum absolute atomic E-state index is 12.7. The second-order valence-electron chi connectivity index (χ2n) is 5.70. The van der Waals surface area contributed by atoms with Gasteiger partial charge in [-0.25, -0.2) is 0 Å². The van der Waals surface area contributed by atoms with E-state index >= 15 is 0 Å². The molecule has 3 rings (SSSR count). The molecular formula is C21H19ClN2O3. The molecule has 138 valence electrons. The van der Waals surface area contributed by atoms with E-state index in [4.69, 9.17) is 21.1 Å². The van der Waals surface area contributed by atoms with Crippen LogP contribution in [0.1, 0.15) is 10.4 Å². The van der Waals surface area contributed by atoms with Crippen molar-refractivity contribution >= 4 is 34.6 Å². The van der Waals surface area contributed by atoms with Crippen LogP contribution >= 0.6 is 11.6 Å². The van der Waals surface area contributed by atoms with E-state index in [1.54, 1.807) is 18.2 Å². The van der Waals surface area contributed by atoms with Crippen LogP contribution in [-0.2, 0) is 0 Å². The molecule has 0 aliphatic carbocycles. The number of carbonyl (C=O) groups is 1. The lowest BCUT2D eigenvalue weighted by Crippen LogP contribution is -2.14. The number of benzene rings is 3. The first-order valence-electron chi connectivity index (χ1n) is 8.25. The summed E-state index contributed by atoms with van der Waals surface area (Å²) < 4.78 is 10.6. The van der Waals surface area contributed by atoms with E-state index in [2.05, 4.69) is 10.6 Å². The smallest absolute Gasteiger partial charge is 0.263 e. The lowest BCUT2D eigenvalue weighted by atomic mass is 10.1. The highest BCUT2D eigenvalue weighted by molar-refractivity contribution is 6.30. The molecule has 0 atom stereocenters. The van der Waals surface area contributed by atoms with Crippen molar-refractivity contribution in [2.45, 2.75) is 0 Å². The summed E-state index contributed by atoms with van der Waals surface area (Å²) in [5.74, 6) is 0.594. The van der Waals surface area contributed by atoms with Gasteiger partial charge in [0.15, 0.2) is 0 Å². The molecule has 0 aliphatic rings. The number of amides is 1. The molecule has 0 unspecified atom stereocenters. The average molecular weight is 383 g/mol. The van der Waals surface area contributed by atoms with E-state index in [1.165, 1.54) is 14.2 Å². The Hall–Kier alpha value is -3.18. The minimum Gasteiger partial charge on any atom is -0.496 e. The van der Waals surface area contributed by atoms with Gasteiger partial charge < -0.3 is 20.1 Å². The van der Waals surface area contributed by atoms with Crippen LogP contribution in [0.25, 0.3) is 0 Å². The van der Waals surface area contributed by atoms with Crippen molar-refractivity contribution in [3.05, 3.63) is 77.3 Å². The Bertz CT molecular complexity index is 920. The highest BCUT2D eigenvalue weighted by Crippen LogP contribution is 2.29. The van der Waals surface area contributed by atoms with E-state index in [0.717, 1.165) is 11.4 Å². The summed E-state index contributed by atoms with van der Waals surface area (Å²) in [5.41, 5.74) is 2.77. The lowest BCUT2D eigenvalue weighted by molar-refractivity contribution is 0.102. The highest BCUT2D eigenvalue weighted by Gasteiger charge is 2.18. The predicted octanol–water partition coefficient (Wildman–Crippen LogP) is 5.35. The predicted molar refractivity (Wildman–Crippen MR) is 109 cm³/mol. The first-order valence-corrected chi connectivity index (χ1v) is 8.63. The Morgan fingerprint density at radius 2 is 1.41 bits per heavy atom. The Kier molecular flexibility index (Phi) is 5.84. The summed E-state index contributed by atoms with van der Waals surface area (Å²) in [6, 6.07) is 20.0. The largest absolute Gasteiger partial charge is 0.496 e. The third kappa shape index (κ3) is 4.51. The number of hydrogen-bond donors (Lipinski definition) is 2. The van der Waals surface area contributed by atoms with Gasteiger partial charge in [0.2, 0.25) is 0 Å². The number of anilines is 3. The molecule has 0 spiro atoms. The summed E-state index contributed by atoms with van der Waals surface area (Å²) in [6.45, 7) is 0. The maximum atomic E-state index is 12.7. The van der Waals surface area contributed by atoms with E-state index in [9.17, 15) is 4.79 Å². The van der Waals surface area contributed by atoms with Gasteiger partial charge in [-0.1, -0.05) is 23.7 Å². The molecule has 3 aromatic carbocycles. The Morgan fingerprint density at radius 1 is 0.815 bits per heavy atom. The zero-order valence-corrected chi connectivity index (χ0v) is 15.7. The summed E-state index contributed by atoms with van der Waals surface area (Å²) in [6.07, 6.45) is 0. The molecule has 6 heteroatoms. The van der Waals surface area contributed by atoms with Gasteiger partial charge in [-0.2, -0.15) is 0 Å². The van der Waals surface area contributed by atoms with Crippen molar-refractivity contribution < 1.29 is 14.3 Å². The van der Waals surface area contributed by atoms with Gasteiger partial charge in [0.1, 0.15) is 17.1 Å². The van der Waals surface area contributed by atoms with Crippen molar-refractivity contribution in [2.24, 2.45) is 0 Å². The first kappa shape index (κ1) is 18.6. The van der Waals surface area contributed by atoms with Crippen molar-refractivity contribution in [1.29, 1.82) is 0 Å². The zero-order chi connectivity index (χ0) is 19.2. The van der Waals surface area contributed by atoms with Crippen molar-refractivity contribution in [3.63, 3.8) is 0 Å². The number of hydrogen-bond acceptors (Lipinski definition) is 4. The SMILES string of the molecule is COc1cccc(OC)c1C(=O)Nc1ccc(Nc2cccc(Cl)c2)cc1. The quantitative estimate of drug-likeness (QED) is 0.603. The monoisotopic (exact) mass is 382 g/mol. The van der Waals surface area contributed by atoms with Crippen molar-refractivity contribution in [2.75, 3.05) is 24.9 Å². The minimum atomic E-state index is -0.306. The van der Waals surface area contributed by atoms with Crippen molar-refractivity contribution in [1.82, 2.24) is 0 Å². The van der Waals surface area contributed by atoms with E-state index in [1.807, 2.05) is 48.5 Å². The normalized spacial score (nSPS) is 10.2. The van der Waals surface area contributed by atoms with Gasteiger partial charge in [0.25, 0.3) is 5.91 Å². The van der Waals surface area contributed by atoms with E-state index < -0.39 is 0 Å². The molecule has 2 N–H and O–H groups in total. The van der Waals surface area contributed by atoms with E-state index in [-0.39, 0.29) is 5.91 Å². The molecule has 0 bridgehead atoms. The fourth-order valence-electron chi connectivity index (χ4n) is 2.64. The van der Waals surface area contributed by atoms with Crippen LogP contribution in [-0.4, -0.2) is 20.1 Å². The Morgan fingerprint density at radius 3 is 2.00 bits per heavy atom. The van der Waals surface area contributed by atoms with Crippen LogP contribution in [0, 0.1) is 0 Å². The van der Waals surface area contributed by atoms with Crippen LogP contribution in [0.15, 0.2) is 66.7 Å². The molecule has 0 saturated carbocycles. The fourth-order valence-corrected chi connectivity index (χ4v) is 2.83. The Balaban J connectivity index is 1.74. The van der Waals surface area contributed by atoms with Crippen LogP contribution < -0.4 is 20.1 Å². The summed E-state index contributed by atoms with van der Waals surface area (Å²) in [7, 11) is 3.03. The molecular weight excluding hydrogens is 364 g/mol. The van der Waals surface area contributed by atoms with Crippen LogP contribution in [0.4, 0.5) is 17.1 Å². The number of rotatable bonds is 6. The van der Waals surface area contributed by atoms with Gasteiger partial charge in [-0.3, -0.25) is 4.79 Å². The first-order chi connectivity index (χ1) is 13.1. The van der Waals surface area contributed by atoms with Gasteiger partial charge in [-0.15, -0.1) is 0 Å². The molecule has 0 aliphatic heterocycles. The third-order valence-corrected chi connectivity index (χ3v) is 4.15. The van der Waals surface area contributed by atoms with Crippen LogP contribution in [0.3, 0.4) is 0 Å². The molecule has 0 fully saturated rings. The molecule has 0 radical (unpaired) electrons. The van der Waals surface area contributed by atoms with Crippen molar-refractivity contribution in [3.8, 4) is 11.5 Å². The van der Waals surface area contributed by atoms with Crippen LogP contribution in [0.5, 0.6) is 11.5 Å². The number of carbonyl (C=O) groups excluding carboxylic acids is 1. The maximum Gasteiger partial charge on any atom is 0.263 e. The van der Waals surface area contributed by atoms with Gasteiger partial charge in [0, 0.05) is 22.1 Å². The average Bonchev–Trinajstić information content (AvgIpc) is 2.68. The molecule has 5 nitrogen and oxygen atoms in total. The van der Waals surface area contributed by atoms with Gasteiger partial charge in [0.05, 0.1) is 14.2 Å². The standard InChI is InChI=1S/C21H19ClN2O3/c1-26-18-7-4-8-19(27-2)20(18)21(25)24-16-11-9-15(10-12-16)23-17-6-3-5-14(22)13-17/h3-13,23H,1-2H3,(H,24,25). The number of halogens is 1. The highest BCUT2D eigenvalue weighted by atomic mass is 35.5. The topological polar surface area (TPSA) is 59.6 Å². The Labute approximate surface area is 162 Å². The number of nitrogens with one attached hydrogen (secondary N) is 2. The minimum absolute atomic E-state index is 0.306. The summed E-state index contributed by atoms with van der Waals surface area (Å²) in [4.78, 5) is 12.7. The second-order valence-corrected chi connectivity index (χ2v) is 6.14. The van der Waals surface area contributed by atoms with Gasteiger partial charge >= 0.3 is 0 Å². The van der Waals surface area contributed by atoms with Gasteiger partial charge in [-0.05, 0) is 54.6 Å². The van der Waals surface area contributed by atoms with E-state index in [0.29, 0.717) is 27.8 Å².